The quantitative estimate of drug-likeness (QED) is 0.388. The Labute approximate surface area is 182 Å². The van der Waals surface area contributed by atoms with Crippen LogP contribution >= 0.6 is 0 Å². The lowest BCUT2D eigenvalue weighted by molar-refractivity contribution is -0.159. The lowest BCUT2D eigenvalue weighted by Crippen LogP contribution is -2.56. The Morgan fingerprint density at radius 3 is 2.48 bits per heavy atom. The zero-order valence-electron chi connectivity index (χ0n) is 17.9. The van der Waals surface area contributed by atoms with Crippen molar-refractivity contribution in [3.63, 3.8) is 0 Å². The van der Waals surface area contributed by atoms with E-state index in [1.807, 2.05) is 0 Å². The summed E-state index contributed by atoms with van der Waals surface area (Å²) in [7, 11) is 0. The van der Waals surface area contributed by atoms with Crippen LogP contribution in [0.15, 0.2) is 72.8 Å². The van der Waals surface area contributed by atoms with E-state index in [2.05, 4.69) is 92.0 Å². The smallest absolute Gasteiger partial charge is 0.176 e. The molecule has 152 valence electrons. The molecule has 0 saturated carbocycles. The first-order chi connectivity index (χ1) is 15.2. The molecule has 1 aliphatic heterocycles. The second-order valence-corrected chi connectivity index (χ2v) is 9.50. The molecular weight excluding hydrogens is 378 g/mol. The van der Waals surface area contributed by atoms with Crippen molar-refractivity contribution >= 4 is 10.8 Å². The molecule has 2 nitrogen and oxygen atoms in total. The zero-order valence-corrected chi connectivity index (χ0v) is 17.9. The molecule has 1 heterocycles. The van der Waals surface area contributed by atoms with Gasteiger partial charge in [0.1, 0.15) is 6.73 Å². The third kappa shape index (κ3) is 2.24. The molecule has 3 atom stereocenters. The van der Waals surface area contributed by atoms with Gasteiger partial charge >= 0.3 is 0 Å². The van der Waals surface area contributed by atoms with Gasteiger partial charge in [0.15, 0.2) is 5.72 Å². The van der Waals surface area contributed by atoms with Crippen molar-refractivity contribution in [1.29, 1.82) is 0 Å². The first-order valence-electron chi connectivity index (χ1n) is 11.3. The van der Waals surface area contributed by atoms with Gasteiger partial charge in [-0.2, -0.15) is 0 Å². The topological polar surface area (TPSA) is 21.3 Å². The molecule has 1 saturated heterocycles. The number of nitrogens with one attached hydrogen (secondary N) is 1. The summed E-state index contributed by atoms with van der Waals surface area (Å²) >= 11 is 0. The fraction of sp³-hybridized carbons (Fsp3) is 0.241. The van der Waals surface area contributed by atoms with Gasteiger partial charge in [0, 0.05) is 11.1 Å². The summed E-state index contributed by atoms with van der Waals surface area (Å²) in [5.41, 5.74) is 10.2. The van der Waals surface area contributed by atoms with E-state index < -0.39 is 5.72 Å². The monoisotopic (exact) mass is 403 g/mol. The molecule has 3 unspecified atom stereocenters. The fourth-order valence-corrected chi connectivity index (χ4v) is 6.03. The normalized spacial score (nSPS) is 25.4. The van der Waals surface area contributed by atoms with Gasteiger partial charge in [-0.15, -0.1) is 0 Å². The highest BCUT2D eigenvalue weighted by Crippen LogP contribution is 2.54. The number of ether oxygens (including phenoxy) is 1. The molecule has 0 bridgehead atoms. The van der Waals surface area contributed by atoms with Crippen LogP contribution in [0.3, 0.4) is 0 Å². The zero-order chi connectivity index (χ0) is 20.7. The molecule has 1 spiro atoms. The van der Waals surface area contributed by atoms with Crippen LogP contribution in [-0.4, -0.2) is 6.73 Å². The van der Waals surface area contributed by atoms with Crippen LogP contribution in [0.4, 0.5) is 0 Å². The Morgan fingerprint density at radius 1 is 0.839 bits per heavy atom. The van der Waals surface area contributed by atoms with Crippen molar-refractivity contribution in [2.24, 2.45) is 5.92 Å². The third-order valence-electron chi connectivity index (χ3n) is 7.94. The highest BCUT2D eigenvalue weighted by atomic mass is 16.6. The molecule has 7 rings (SSSR count). The van der Waals surface area contributed by atoms with Crippen molar-refractivity contribution in [3.8, 4) is 22.3 Å². The van der Waals surface area contributed by atoms with Crippen LogP contribution in [0.1, 0.15) is 42.0 Å². The van der Waals surface area contributed by atoms with E-state index >= 15 is 0 Å². The van der Waals surface area contributed by atoms with Crippen molar-refractivity contribution in [1.82, 2.24) is 5.32 Å². The van der Waals surface area contributed by atoms with Crippen molar-refractivity contribution in [2.45, 2.75) is 31.9 Å². The van der Waals surface area contributed by atoms with Gasteiger partial charge in [-0.05, 0) is 74.5 Å². The van der Waals surface area contributed by atoms with E-state index in [-0.39, 0.29) is 0 Å². The minimum atomic E-state index is -0.494. The molecular formula is C29H25NO. The average molecular weight is 404 g/mol. The second kappa shape index (κ2) is 6.06. The van der Waals surface area contributed by atoms with Gasteiger partial charge in [0.05, 0.1) is 0 Å². The number of benzene rings is 4. The van der Waals surface area contributed by atoms with E-state index in [1.165, 1.54) is 61.7 Å². The number of hydrogen-bond donors (Lipinski definition) is 1. The predicted molar refractivity (Wildman–Crippen MR) is 126 cm³/mol. The molecule has 2 aliphatic carbocycles. The first kappa shape index (κ1) is 17.7. The predicted octanol–water partition coefficient (Wildman–Crippen LogP) is 6.56. The van der Waals surface area contributed by atoms with E-state index in [4.69, 9.17) is 4.74 Å². The average Bonchev–Trinajstić information content (AvgIpc) is 3.22. The number of rotatable bonds is 1. The lowest BCUT2D eigenvalue weighted by atomic mass is 9.91. The summed E-state index contributed by atoms with van der Waals surface area (Å²) in [6.07, 6.45) is 1.18. The van der Waals surface area contributed by atoms with E-state index in [0.717, 1.165) is 0 Å². The van der Waals surface area contributed by atoms with Crippen LogP contribution in [0.5, 0.6) is 0 Å². The van der Waals surface area contributed by atoms with Crippen LogP contribution in [0.2, 0.25) is 0 Å². The van der Waals surface area contributed by atoms with Gasteiger partial charge in [-0.3, -0.25) is 5.32 Å². The maximum absolute atomic E-state index is 6.32. The molecule has 0 radical (unpaired) electrons. The highest BCUT2D eigenvalue weighted by molar-refractivity contribution is 5.97. The van der Waals surface area contributed by atoms with Crippen LogP contribution < -0.4 is 5.32 Å². The van der Waals surface area contributed by atoms with E-state index in [9.17, 15) is 0 Å². The molecule has 4 aromatic rings. The Bertz CT molecular complexity index is 1380. The summed E-state index contributed by atoms with van der Waals surface area (Å²) in [4.78, 5) is 0. The summed E-state index contributed by atoms with van der Waals surface area (Å²) < 4.78 is 6.32. The minimum absolute atomic E-state index is 0.494. The number of hydrogen-bond acceptors (Lipinski definition) is 2. The fourth-order valence-electron chi connectivity index (χ4n) is 6.03. The molecule has 0 aromatic heterocycles. The van der Waals surface area contributed by atoms with E-state index in [0.29, 0.717) is 18.6 Å². The van der Waals surface area contributed by atoms with Gasteiger partial charge < -0.3 is 4.74 Å². The van der Waals surface area contributed by atoms with Crippen molar-refractivity contribution in [3.05, 3.63) is 95.1 Å². The molecule has 3 aliphatic rings. The van der Waals surface area contributed by atoms with Crippen LogP contribution in [0, 0.1) is 5.92 Å². The minimum Gasteiger partial charge on any atom is -0.337 e. The Morgan fingerprint density at radius 2 is 1.65 bits per heavy atom. The molecule has 0 amide bonds. The molecule has 1 N–H and O–H groups in total. The van der Waals surface area contributed by atoms with Gasteiger partial charge in [0.2, 0.25) is 0 Å². The summed E-state index contributed by atoms with van der Waals surface area (Å²) in [5, 5.41) is 6.21. The maximum atomic E-state index is 6.32. The third-order valence-corrected chi connectivity index (χ3v) is 7.94. The molecule has 4 aromatic carbocycles. The Hall–Kier alpha value is -2.94. The second-order valence-electron chi connectivity index (χ2n) is 9.50. The van der Waals surface area contributed by atoms with Gasteiger partial charge in [0.25, 0.3) is 0 Å². The van der Waals surface area contributed by atoms with Gasteiger partial charge in [-0.1, -0.05) is 74.5 Å². The summed E-state index contributed by atoms with van der Waals surface area (Å²) in [6, 6.07) is 27.0. The summed E-state index contributed by atoms with van der Waals surface area (Å²) in [6.45, 7) is 5.33. The highest BCUT2D eigenvalue weighted by Gasteiger charge is 2.50. The van der Waals surface area contributed by atoms with Crippen molar-refractivity contribution < 1.29 is 4.74 Å². The van der Waals surface area contributed by atoms with Crippen LogP contribution in [-0.2, 0) is 16.9 Å². The standard InChI is InChI=1S/C29H25NO/c1-17-12-21-13-26-24-11-10-20(23-9-5-7-19-6-3-4-8-22(19)23)14-27(24)29(30-16-31-29)28(26)15-25(21)18(17)2/h3-11,13-15,17-18,30H,12,16H2,1-2H3. The molecule has 2 heteroatoms. The van der Waals surface area contributed by atoms with Crippen molar-refractivity contribution in [2.75, 3.05) is 6.73 Å². The first-order valence-corrected chi connectivity index (χ1v) is 11.3. The Balaban J connectivity index is 1.44. The lowest BCUT2D eigenvalue weighted by Gasteiger charge is -2.42. The Kier molecular flexibility index (Phi) is 3.46. The van der Waals surface area contributed by atoms with Crippen LogP contribution in [0.25, 0.3) is 33.0 Å². The number of fused-ring (bicyclic) bond motifs is 7. The molecule has 1 fully saturated rings. The van der Waals surface area contributed by atoms with E-state index in [1.54, 1.807) is 0 Å². The largest absolute Gasteiger partial charge is 0.337 e. The molecule has 31 heavy (non-hydrogen) atoms. The summed E-state index contributed by atoms with van der Waals surface area (Å²) in [5.74, 6) is 1.31. The van der Waals surface area contributed by atoms with Gasteiger partial charge in [-0.25, -0.2) is 0 Å². The maximum Gasteiger partial charge on any atom is 0.176 e. The SMILES string of the molecule is CC1Cc2cc3c(cc2C1C)C1(NCO1)c1cc(-c2cccc4ccccc24)ccc1-3.